The number of amides is 1. The Hall–Kier alpha value is -1.93. The van der Waals surface area contributed by atoms with Gasteiger partial charge in [-0.15, -0.1) is 11.3 Å². The van der Waals surface area contributed by atoms with Crippen molar-refractivity contribution < 1.29 is 9.53 Å². The van der Waals surface area contributed by atoms with E-state index in [1.807, 2.05) is 33.2 Å². The molecule has 23 heavy (non-hydrogen) atoms. The lowest BCUT2D eigenvalue weighted by Crippen LogP contribution is -2.28. The Kier molecular flexibility index (Phi) is 5.38. The predicted molar refractivity (Wildman–Crippen MR) is 90.6 cm³/mol. The Morgan fingerprint density at radius 3 is 2.83 bits per heavy atom. The maximum absolute atomic E-state index is 11.8. The van der Waals surface area contributed by atoms with E-state index < -0.39 is 11.7 Å². The summed E-state index contributed by atoms with van der Waals surface area (Å²) in [6, 6.07) is 0.173. The van der Waals surface area contributed by atoms with Crippen LogP contribution in [0.15, 0.2) is 11.7 Å². The molecule has 2 aromatic heterocycles. The number of anilines is 1. The highest BCUT2D eigenvalue weighted by Crippen LogP contribution is 2.22. The van der Waals surface area contributed by atoms with Gasteiger partial charge in [-0.05, 0) is 34.6 Å². The number of aromatic nitrogens is 3. The van der Waals surface area contributed by atoms with E-state index in [-0.39, 0.29) is 6.04 Å². The van der Waals surface area contributed by atoms with Crippen molar-refractivity contribution in [2.45, 2.75) is 52.8 Å². The predicted octanol–water partition coefficient (Wildman–Crippen LogP) is 3.37. The number of aromatic amines is 1. The van der Waals surface area contributed by atoms with Crippen molar-refractivity contribution in [3.8, 4) is 0 Å². The minimum atomic E-state index is -0.541. The van der Waals surface area contributed by atoms with Gasteiger partial charge in [0, 0.05) is 23.0 Å². The van der Waals surface area contributed by atoms with Crippen LogP contribution in [0.25, 0.3) is 0 Å². The number of carbonyl (C=O) groups excluding carboxylic acids is 1. The summed E-state index contributed by atoms with van der Waals surface area (Å²) in [5.41, 5.74) is 3.20. The zero-order valence-electron chi connectivity index (χ0n) is 14.1. The first-order valence-electron chi connectivity index (χ1n) is 7.42. The average Bonchev–Trinajstić information content (AvgIpc) is 3.03. The quantitative estimate of drug-likeness (QED) is 0.778. The molecular weight excluding hydrogens is 314 g/mol. The fourth-order valence-corrected chi connectivity index (χ4v) is 2.88. The van der Waals surface area contributed by atoms with Crippen LogP contribution in [-0.2, 0) is 11.3 Å². The topological polar surface area (TPSA) is 91.9 Å². The number of carbonyl (C=O) groups is 1. The lowest BCUT2D eigenvalue weighted by atomic mass is 10.2. The second-order valence-electron chi connectivity index (χ2n) is 6.30. The molecule has 0 radical (unpaired) electrons. The number of hydrogen-bond acceptors (Lipinski definition) is 6. The van der Waals surface area contributed by atoms with Gasteiger partial charge < -0.3 is 10.1 Å². The Balaban J connectivity index is 1.93. The van der Waals surface area contributed by atoms with Crippen molar-refractivity contribution in [3.05, 3.63) is 27.8 Å². The third-order valence-electron chi connectivity index (χ3n) is 3.12. The Labute approximate surface area is 139 Å². The fraction of sp³-hybridized carbons (Fsp3) is 0.533. The van der Waals surface area contributed by atoms with Gasteiger partial charge in [-0.1, -0.05) is 0 Å². The molecule has 0 saturated carbocycles. The van der Waals surface area contributed by atoms with E-state index in [2.05, 4.69) is 32.7 Å². The second-order valence-corrected chi connectivity index (χ2v) is 7.19. The van der Waals surface area contributed by atoms with Gasteiger partial charge in [0.2, 0.25) is 0 Å². The first-order chi connectivity index (χ1) is 10.8. The van der Waals surface area contributed by atoms with Crippen LogP contribution in [-0.4, -0.2) is 26.9 Å². The summed E-state index contributed by atoms with van der Waals surface area (Å²) in [7, 11) is 0. The van der Waals surface area contributed by atoms with E-state index in [1.54, 1.807) is 17.5 Å². The van der Waals surface area contributed by atoms with Crippen LogP contribution in [0.5, 0.6) is 0 Å². The van der Waals surface area contributed by atoms with E-state index >= 15 is 0 Å². The van der Waals surface area contributed by atoms with Crippen LogP contribution in [0.1, 0.15) is 49.9 Å². The maximum atomic E-state index is 11.8. The molecule has 1 unspecified atom stereocenters. The van der Waals surface area contributed by atoms with Crippen LogP contribution in [0, 0.1) is 6.92 Å². The highest BCUT2D eigenvalue weighted by molar-refractivity contribution is 7.09. The van der Waals surface area contributed by atoms with Crippen LogP contribution in [0.4, 0.5) is 10.6 Å². The zero-order chi connectivity index (χ0) is 17.0. The molecule has 3 N–H and O–H groups in total. The number of rotatable bonds is 5. The van der Waals surface area contributed by atoms with Gasteiger partial charge in [-0.25, -0.2) is 9.78 Å². The normalized spacial score (nSPS) is 12.9. The van der Waals surface area contributed by atoms with Crippen LogP contribution >= 0.6 is 11.3 Å². The minimum Gasteiger partial charge on any atom is -0.444 e. The first-order valence-corrected chi connectivity index (χ1v) is 8.30. The Morgan fingerprint density at radius 2 is 2.22 bits per heavy atom. The molecule has 2 aromatic rings. The van der Waals surface area contributed by atoms with E-state index in [1.165, 1.54) is 4.88 Å². The number of ether oxygens (including phenoxy) is 1. The van der Waals surface area contributed by atoms with Gasteiger partial charge in [0.1, 0.15) is 11.4 Å². The van der Waals surface area contributed by atoms with Gasteiger partial charge in [0.15, 0.2) is 0 Å². The zero-order valence-corrected chi connectivity index (χ0v) is 14.9. The van der Waals surface area contributed by atoms with Crippen molar-refractivity contribution in [1.82, 2.24) is 20.5 Å². The molecule has 8 heteroatoms. The molecule has 0 aliphatic carbocycles. The second kappa shape index (κ2) is 7.10. The van der Waals surface area contributed by atoms with Crippen molar-refractivity contribution >= 4 is 23.2 Å². The number of nitrogens with one attached hydrogen (secondary N) is 3. The highest BCUT2D eigenvalue weighted by atomic mass is 32.1. The maximum Gasteiger partial charge on any atom is 0.413 e. The molecule has 0 spiro atoms. The fourth-order valence-electron chi connectivity index (χ4n) is 2.04. The summed E-state index contributed by atoms with van der Waals surface area (Å²) in [4.78, 5) is 17.3. The van der Waals surface area contributed by atoms with Crippen molar-refractivity contribution in [3.63, 3.8) is 0 Å². The molecule has 2 rings (SSSR count). The minimum absolute atomic E-state index is 0.173. The molecule has 2 heterocycles. The molecule has 0 fully saturated rings. The summed E-state index contributed by atoms with van der Waals surface area (Å²) in [6.07, 6.45) is 1.18. The van der Waals surface area contributed by atoms with Crippen molar-refractivity contribution in [1.29, 1.82) is 0 Å². The van der Waals surface area contributed by atoms with E-state index in [4.69, 9.17) is 4.74 Å². The molecule has 7 nitrogen and oxygen atoms in total. The summed E-state index contributed by atoms with van der Waals surface area (Å²) in [6.45, 7) is 10.1. The third-order valence-corrected chi connectivity index (χ3v) is 4.23. The van der Waals surface area contributed by atoms with E-state index in [9.17, 15) is 4.79 Å². The van der Waals surface area contributed by atoms with Crippen LogP contribution < -0.4 is 10.6 Å². The Morgan fingerprint density at radius 1 is 1.48 bits per heavy atom. The van der Waals surface area contributed by atoms with Crippen molar-refractivity contribution in [2.75, 3.05) is 5.32 Å². The van der Waals surface area contributed by atoms with E-state index in [0.717, 1.165) is 11.3 Å². The molecule has 0 aromatic carbocycles. The monoisotopic (exact) mass is 337 g/mol. The molecular formula is C15H23N5O2S. The number of H-pyrrole nitrogens is 1. The molecule has 126 valence electrons. The smallest absolute Gasteiger partial charge is 0.413 e. The highest BCUT2D eigenvalue weighted by Gasteiger charge is 2.18. The Bertz CT molecular complexity index is 659. The van der Waals surface area contributed by atoms with E-state index in [0.29, 0.717) is 12.4 Å². The lowest BCUT2D eigenvalue weighted by molar-refractivity contribution is 0.0635. The molecule has 0 aliphatic heterocycles. The van der Waals surface area contributed by atoms with Gasteiger partial charge in [0.05, 0.1) is 17.4 Å². The first kappa shape index (κ1) is 17.4. The number of hydrogen-bond donors (Lipinski definition) is 3. The molecule has 0 saturated heterocycles. The van der Waals surface area contributed by atoms with Gasteiger partial charge in [0.25, 0.3) is 0 Å². The van der Waals surface area contributed by atoms with Gasteiger partial charge in [-0.3, -0.25) is 10.4 Å². The SMILES string of the molecule is Cc1ncsc1C(C)NCc1cn[nH]c1NC(=O)OC(C)(C)C. The standard InChI is InChI=1S/C15H23N5O2S/c1-9(12-10(2)17-8-23-12)16-6-11-7-18-20-13(11)19-14(21)22-15(3,4)5/h7-9,16H,6H2,1-5H3,(H2,18,19,20,21). The largest absolute Gasteiger partial charge is 0.444 e. The molecule has 1 atom stereocenters. The van der Waals surface area contributed by atoms with Crippen molar-refractivity contribution in [2.24, 2.45) is 0 Å². The lowest BCUT2D eigenvalue weighted by Gasteiger charge is -2.19. The average molecular weight is 337 g/mol. The van der Waals surface area contributed by atoms with Gasteiger partial charge >= 0.3 is 6.09 Å². The summed E-state index contributed by atoms with van der Waals surface area (Å²) in [5, 5.41) is 12.9. The summed E-state index contributed by atoms with van der Waals surface area (Å²) >= 11 is 1.63. The van der Waals surface area contributed by atoms with Gasteiger partial charge in [-0.2, -0.15) is 5.10 Å². The molecule has 0 bridgehead atoms. The number of nitrogens with zero attached hydrogens (tertiary/aromatic N) is 2. The molecule has 1 amide bonds. The number of thiazole rings is 1. The number of aryl methyl sites for hydroxylation is 1. The summed E-state index contributed by atoms with van der Waals surface area (Å²) in [5.74, 6) is 0.542. The van der Waals surface area contributed by atoms with Crippen LogP contribution in [0.2, 0.25) is 0 Å². The summed E-state index contributed by atoms with van der Waals surface area (Å²) < 4.78 is 5.24. The van der Waals surface area contributed by atoms with Crippen LogP contribution in [0.3, 0.4) is 0 Å². The third kappa shape index (κ3) is 5.04. The molecule has 0 aliphatic rings.